The molecule has 2 heterocycles. The molecule has 0 spiro atoms. The van der Waals surface area contributed by atoms with Crippen molar-refractivity contribution < 1.29 is 17.6 Å². The van der Waals surface area contributed by atoms with Gasteiger partial charge in [0, 0.05) is 32.4 Å². The third-order valence-corrected chi connectivity index (χ3v) is 7.80. The highest BCUT2D eigenvalue weighted by atomic mass is 35.5. The summed E-state index contributed by atoms with van der Waals surface area (Å²) >= 11 is 12.1. The maximum absolute atomic E-state index is 13.1. The molecule has 1 fully saturated rings. The number of carbonyl (C=O) groups is 1. The number of amides is 1. The number of benzene rings is 2. The SMILES string of the molecule is O=C(c1ccn(-c2ccc(F)cc2)n1)N1CCN(S(=O)(=O)c2c(Cl)cccc2Cl)CC1. The molecular weight excluding hydrogens is 466 g/mol. The second kappa shape index (κ2) is 8.58. The van der Waals surface area contributed by atoms with Crippen molar-refractivity contribution in [2.75, 3.05) is 26.2 Å². The highest BCUT2D eigenvalue weighted by molar-refractivity contribution is 7.89. The van der Waals surface area contributed by atoms with Gasteiger partial charge in [-0.1, -0.05) is 29.3 Å². The van der Waals surface area contributed by atoms with Crippen molar-refractivity contribution in [1.29, 1.82) is 0 Å². The third kappa shape index (κ3) is 4.31. The first-order valence-corrected chi connectivity index (χ1v) is 11.5. The number of aromatic nitrogens is 2. The van der Waals surface area contributed by atoms with Crippen LogP contribution in [0, 0.1) is 5.82 Å². The van der Waals surface area contributed by atoms with Crippen molar-refractivity contribution in [2.45, 2.75) is 4.90 Å². The number of sulfonamides is 1. The Kier molecular flexibility index (Phi) is 6.02. The summed E-state index contributed by atoms with van der Waals surface area (Å²) in [5.41, 5.74) is 0.836. The number of nitrogens with zero attached hydrogens (tertiary/aromatic N) is 4. The van der Waals surface area contributed by atoms with E-state index < -0.39 is 10.0 Å². The molecule has 7 nitrogen and oxygen atoms in total. The van der Waals surface area contributed by atoms with Crippen LogP contribution in [0.25, 0.3) is 5.69 Å². The first-order chi connectivity index (χ1) is 14.8. The van der Waals surface area contributed by atoms with E-state index >= 15 is 0 Å². The summed E-state index contributed by atoms with van der Waals surface area (Å²) in [4.78, 5) is 14.2. The molecule has 4 rings (SSSR count). The van der Waals surface area contributed by atoms with Crippen LogP contribution in [-0.4, -0.2) is 59.5 Å². The molecule has 11 heteroatoms. The lowest BCUT2D eigenvalue weighted by atomic mass is 10.3. The number of carbonyl (C=O) groups excluding carboxylic acids is 1. The lowest BCUT2D eigenvalue weighted by Crippen LogP contribution is -2.50. The van der Waals surface area contributed by atoms with Gasteiger partial charge in [-0.05, 0) is 42.5 Å². The molecule has 0 saturated carbocycles. The number of piperazine rings is 1. The third-order valence-electron chi connectivity index (χ3n) is 4.94. The Hall–Kier alpha value is -2.46. The molecule has 0 aliphatic carbocycles. The van der Waals surface area contributed by atoms with Crippen molar-refractivity contribution in [3.8, 4) is 5.69 Å². The van der Waals surface area contributed by atoms with Crippen LogP contribution in [0.1, 0.15) is 10.5 Å². The van der Waals surface area contributed by atoms with Gasteiger partial charge in [-0.15, -0.1) is 0 Å². The molecule has 3 aromatic rings. The molecule has 0 unspecified atom stereocenters. The maximum atomic E-state index is 13.1. The predicted molar refractivity (Wildman–Crippen MR) is 115 cm³/mol. The van der Waals surface area contributed by atoms with Crippen molar-refractivity contribution in [3.63, 3.8) is 0 Å². The summed E-state index contributed by atoms with van der Waals surface area (Å²) < 4.78 is 41.8. The van der Waals surface area contributed by atoms with Gasteiger partial charge in [-0.3, -0.25) is 4.79 Å². The lowest BCUT2D eigenvalue weighted by molar-refractivity contribution is 0.0691. The number of halogens is 3. The van der Waals surface area contributed by atoms with Crippen molar-refractivity contribution >= 4 is 39.1 Å². The zero-order valence-corrected chi connectivity index (χ0v) is 18.4. The molecule has 0 bridgehead atoms. The van der Waals surface area contributed by atoms with Gasteiger partial charge >= 0.3 is 0 Å². The Labute approximate surface area is 188 Å². The highest BCUT2D eigenvalue weighted by Gasteiger charge is 2.33. The number of hydrogen-bond acceptors (Lipinski definition) is 4. The molecule has 1 aliphatic heterocycles. The summed E-state index contributed by atoms with van der Waals surface area (Å²) in [5.74, 6) is -0.674. The minimum Gasteiger partial charge on any atom is -0.335 e. The van der Waals surface area contributed by atoms with Crippen LogP contribution >= 0.6 is 23.2 Å². The fraction of sp³-hybridized carbons (Fsp3) is 0.200. The molecule has 1 aromatic heterocycles. The van der Waals surface area contributed by atoms with Crippen molar-refractivity contribution in [2.24, 2.45) is 0 Å². The highest BCUT2D eigenvalue weighted by Crippen LogP contribution is 2.32. The Morgan fingerprint density at radius 1 is 0.935 bits per heavy atom. The maximum Gasteiger partial charge on any atom is 0.274 e. The minimum atomic E-state index is -3.89. The molecule has 1 aliphatic rings. The lowest BCUT2D eigenvalue weighted by Gasteiger charge is -2.33. The molecular formula is C20H17Cl2FN4O3S. The van der Waals surface area contributed by atoms with Crippen LogP contribution < -0.4 is 0 Å². The summed E-state index contributed by atoms with van der Waals surface area (Å²) in [5, 5.41) is 4.37. The summed E-state index contributed by atoms with van der Waals surface area (Å²) in [6.45, 7) is 0.607. The van der Waals surface area contributed by atoms with Gasteiger partial charge < -0.3 is 4.90 Å². The normalized spacial score (nSPS) is 15.3. The van der Waals surface area contributed by atoms with Gasteiger partial charge in [-0.25, -0.2) is 17.5 Å². The van der Waals surface area contributed by atoms with Gasteiger partial charge in [-0.2, -0.15) is 9.40 Å². The van der Waals surface area contributed by atoms with Gasteiger partial charge in [0.2, 0.25) is 10.0 Å². The van der Waals surface area contributed by atoms with E-state index in [1.807, 2.05) is 0 Å². The van der Waals surface area contributed by atoms with E-state index in [0.29, 0.717) is 5.69 Å². The average Bonchev–Trinajstić information content (AvgIpc) is 3.24. The average molecular weight is 483 g/mol. The van der Waals surface area contributed by atoms with Crippen molar-refractivity contribution in [1.82, 2.24) is 19.0 Å². The Bertz CT molecular complexity index is 1200. The van der Waals surface area contributed by atoms with Gasteiger partial charge in [0.25, 0.3) is 5.91 Å². The van der Waals surface area contributed by atoms with Crippen LogP contribution in [0.3, 0.4) is 0 Å². The van der Waals surface area contributed by atoms with E-state index in [1.54, 1.807) is 30.5 Å². The largest absolute Gasteiger partial charge is 0.335 e. The molecule has 1 saturated heterocycles. The smallest absolute Gasteiger partial charge is 0.274 e. The molecule has 0 atom stereocenters. The fourth-order valence-electron chi connectivity index (χ4n) is 3.33. The van der Waals surface area contributed by atoms with Gasteiger partial charge in [0.15, 0.2) is 5.69 Å². The molecule has 1 amide bonds. The number of rotatable bonds is 4. The van der Waals surface area contributed by atoms with Gasteiger partial charge in [0.05, 0.1) is 15.7 Å². The second-order valence-corrected chi connectivity index (χ2v) is 9.56. The van der Waals surface area contributed by atoms with E-state index in [1.165, 1.54) is 38.2 Å². The van der Waals surface area contributed by atoms with Crippen LogP contribution in [0.5, 0.6) is 0 Å². The van der Waals surface area contributed by atoms with E-state index in [-0.39, 0.29) is 58.5 Å². The van der Waals surface area contributed by atoms with E-state index in [0.717, 1.165) is 0 Å². The van der Waals surface area contributed by atoms with Crippen LogP contribution in [0.15, 0.2) is 59.6 Å². The monoisotopic (exact) mass is 482 g/mol. The van der Waals surface area contributed by atoms with Gasteiger partial charge in [0.1, 0.15) is 10.7 Å². The molecule has 2 aromatic carbocycles. The quantitative estimate of drug-likeness (QED) is 0.570. The van der Waals surface area contributed by atoms with E-state index in [4.69, 9.17) is 23.2 Å². The zero-order chi connectivity index (χ0) is 22.2. The molecule has 31 heavy (non-hydrogen) atoms. The number of hydrogen-bond donors (Lipinski definition) is 0. The first-order valence-electron chi connectivity index (χ1n) is 9.32. The van der Waals surface area contributed by atoms with Crippen LogP contribution in [0.2, 0.25) is 10.0 Å². The molecule has 0 radical (unpaired) electrons. The summed E-state index contributed by atoms with van der Waals surface area (Å²) in [6.07, 6.45) is 1.61. The van der Waals surface area contributed by atoms with Crippen molar-refractivity contribution in [3.05, 3.63) is 76.3 Å². The van der Waals surface area contributed by atoms with E-state index in [9.17, 15) is 17.6 Å². The van der Waals surface area contributed by atoms with Crippen LogP contribution in [-0.2, 0) is 10.0 Å². The standard InChI is InChI=1S/C20H17Cl2FN4O3S/c21-16-2-1-3-17(22)19(16)31(29,30)26-12-10-25(11-13-26)20(28)18-8-9-27(24-18)15-6-4-14(23)5-7-15/h1-9H,10-13H2. The predicted octanol–water partition coefficient (Wildman–Crippen LogP) is 3.46. The summed E-state index contributed by atoms with van der Waals surface area (Å²) in [7, 11) is -3.89. The molecule has 0 N–H and O–H groups in total. The zero-order valence-electron chi connectivity index (χ0n) is 16.1. The van der Waals surface area contributed by atoms with Crippen LogP contribution in [0.4, 0.5) is 4.39 Å². The fourth-order valence-corrected chi connectivity index (χ4v) is 5.84. The Morgan fingerprint density at radius 3 is 2.16 bits per heavy atom. The Balaban J connectivity index is 1.45. The minimum absolute atomic E-state index is 0.0531. The topological polar surface area (TPSA) is 75.5 Å². The van der Waals surface area contributed by atoms with E-state index in [2.05, 4.69) is 5.10 Å². The Morgan fingerprint density at radius 2 is 1.55 bits per heavy atom. The summed E-state index contributed by atoms with van der Waals surface area (Å²) in [6, 6.07) is 11.8. The molecule has 162 valence electrons. The first kappa shape index (κ1) is 21.8. The second-order valence-electron chi connectivity index (χ2n) is 6.87.